The molecule has 2 bridgehead atoms. The second-order valence-electron chi connectivity index (χ2n) is 10.6. The molecule has 0 radical (unpaired) electrons. The molecule has 4 heterocycles. The molecular weight excluding hydrogens is 392 g/mol. The number of fused-ring (bicyclic) bond motifs is 2. The lowest BCUT2D eigenvalue weighted by molar-refractivity contribution is -0.180. The van der Waals surface area contributed by atoms with E-state index in [-0.39, 0.29) is 35.7 Å². The van der Waals surface area contributed by atoms with Crippen LogP contribution >= 0.6 is 0 Å². The predicted octanol–water partition coefficient (Wildman–Crippen LogP) is 4.39. The molecule has 0 N–H and O–H groups in total. The minimum Gasteiger partial charge on any atom is -0.409 e. The van der Waals surface area contributed by atoms with Crippen molar-refractivity contribution in [2.24, 2.45) is 16.9 Å². The van der Waals surface area contributed by atoms with Crippen molar-refractivity contribution in [3.63, 3.8) is 0 Å². The predicted molar refractivity (Wildman–Crippen MR) is 121 cm³/mol. The number of hydrogen-bond donors (Lipinski definition) is 0. The van der Waals surface area contributed by atoms with E-state index in [0.717, 1.165) is 6.54 Å². The number of benzene rings is 1. The van der Waals surface area contributed by atoms with Crippen molar-refractivity contribution < 1.29 is 13.9 Å². The summed E-state index contributed by atoms with van der Waals surface area (Å²) in [6, 6.07) is 11.0. The van der Waals surface area contributed by atoms with Gasteiger partial charge in [-0.15, -0.1) is 0 Å². The van der Waals surface area contributed by atoms with Crippen LogP contribution in [0, 0.1) is 11.8 Å². The van der Waals surface area contributed by atoms with Crippen molar-refractivity contribution in [2.45, 2.75) is 76.0 Å². The maximum atomic E-state index is 7.02. The Bertz CT molecular complexity index is 849. The molecule has 0 saturated carbocycles. The lowest BCUT2D eigenvalue weighted by atomic mass is 9.69. The molecule has 1 aromatic rings. The molecule has 3 saturated heterocycles. The Balaban J connectivity index is 1.37. The maximum Gasteiger partial charge on any atom is 0.184 e. The van der Waals surface area contributed by atoms with Gasteiger partial charge in [-0.1, -0.05) is 56.3 Å². The molecule has 1 aromatic carbocycles. The Labute approximate surface area is 181 Å². The number of ether oxygens (including phenoxy) is 2. The number of rotatable bonds is 6. The first-order valence-electron chi connectivity index (χ1n) is 11.2. The SMILES string of the molecule is C[C@@H]1[C@@H]2C=C[C@@H](O2)[C@H](C)C1(O[Si](C)(C)C)[C@H]1O[C@]1(C)/C=N/N1CC1c1ccccc1. The van der Waals surface area contributed by atoms with Crippen molar-refractivity contribution in [1.29, 1.82) is 0 Å². The van der Waals surface area contributed by atoms with Gasteiger partial charge >= 0.3 is 0 Å². The lowest BCUT2D eigenvalue weighted by Gasteiger charge is -2.52. The van der Waals surface area contributed by atoms with Gasteiger partial charge in [-0.05, 0) is 32.1 Å². The maximum absolute atomic E-state index is 7.02. The highest BCUT2D eigenvalue weighted by Crippen LogP contribution is 2.57. The van der Waals surface area contributed by atoms with Crippen LogP contribution < -0.4 is 0 Å². The quantitative estimate of drug-likeness (QED) is 0.293. The van der Waals surface area contributed by atoms with Gasteiger partial charge in [0, 0.05) is 11.8 Å². The standard InChI is InChI=1S/C24H34N2O3Si/c1-16-20-12-13-21(27-20)17(2)24(16,29-30(4,5)6)22-23(3,28-22)15-25-26-14-19(26)18-10-8-7-9-11-18/h7-13,15-17,19-22H,14H2,1-6H3/b25-15+/t16-,17+,19?,20+,21-,22-,23+,24?,26?/m0/s1. The van der Waals surface area contributed by atoms with Gasteiger partial charge in [0.1, 0.15) is 11.7 Å². The van der Waals surface area contributed by atoms with Crippen molar-refractivity contribution in [3.05, 3.63) is 48.0 Å². The molecule has 0 amide bonds. The Hall–Kier alpha value is -1.47. The minimum atomic E-state index is -1.82. The summed E-state index contributed by atoms with van der Waals surface area (Å²) < 4.78 is 19.7. The summed E-state index contributed by atoms with van der Waals surface area (Å²) in [4.78, 5) is 0. The van der Waals surface area contributed by atoms with Gasteiger partial charge in [0.2, 0.25) is 0 Å². The van der Waals surface area contributed by atoms with Crippen molar-refractivity contribution >= 4 is 14.5 Å². The fourth-order valence-electron chi connectivity index (χ4n) is 5.49. The van der Waals surface area contributed by atoms with E-state index in [1.807, 2.05) is 6.21 Å². The molecule has 2 unspecified atom stereocenters. The molecule has 4 aliphatic rings. The van der Waals surface area contributed by atoms with Crippen LogP contribution in [0.15, 0.2) is 47.6 Å². The summed E-state index contributed by atoms with van der Waals surface area (Å²) in [5.74, 6) is 0.459. The fourth-order valence-corrected chi connectivity index (χ4v) is 7.03. The molecule has 5 nitrogen and oxygen atoms in total. The van der Waals surface area contributed by atoms with E-state index in [1.165, 1.54) is 5.56 Å². The van der Waals surface area contributed by atoms with Gasteiger partial charge in [0.25, 0.3) is 0 Å². The van der Waals surface area contributed by atoms with Gasteiger partial charge in [-0.3, -0.25) is 5.01 Å². The van der Waals surface area contributed by atoms with E-state index in [9.17, 15) is 0 Å². The van der Waals surface area contributed by atoms with E-state index in [0.29, 0.717) is 6.04 Å². The number of hydrogen-bond acceptors (Lipinski definition) is 5. The highest BCUT2D eigenvalue weighted by molar-refractivity contribution is 6.69. The molecule has 0 aliphatic carbocycles. The summed E-state index contributed by atoms with van der Waals surface area (Å²) >= 11 is 0. The smallest absolute Gasteiger partial charge is 0.184 e. The van der Waals surface area contributed by atoms with Gasteiger partial charge in [0.15, 0.2) is 8.32 Å². The third-order valence-corrected chi connectivity index (χ3v) is 8.14. The van der Waals surface area contributed by atoms with E-state index in [1.54, 1.807) is 0 Å². The van der Waals surface area contributed by atoms with Crippen LogP contribution in [0.3, 0.4) is 0 Å². The van der Waals surface area contributed by atoms with E-state index in [4.69, 9.17) is 19.0 Å². The zero-order chi connectivity index (χ0) is 21.3. The van der Waals surface area contributed by atoms with Gasteiger partial charge in [0.05, 0.1) is 36.6 Å². The first kappa shape index (κ1) is 20.4. The van der Waals surface area contributed by atoms with E-state index in [2.05, 4.69) is 87.9 Å². The number of epoxide rings is 1. The minimum absolute atomic E-state index is 0.00518. The highest BCUT2D eigenvalue weighted by Gasteiger charge is 2.71. The molecular formula is C24H34N2O3Si. The van der Waals surface area contributed by atoms with Gasteiger partial charge in [-0.2, -0.15) is 5.10 Å². The molecule has 162 valence electrons. The average molecular weight is 427 g/mol. The summed E-state index contributed by atoms with van der Waals surface area (Å²) in [6.07, 6.45) is 6.64. The monoisotopic (exact) mass is 426 g/mol. The molecule has 4 aliphatic heterocycles. The molecule has 6 heteroatoms. The normalized spacial score (nSPS) is 44.7. The Morgan fingerprint density at radius 1 is 1.10 bits per heavy atom. The Morgan fingerprint density at radius 2 is 1.73 bits per heavy atom. The molecule has 5 rings (SSSR count). The largest absolute Gasteiger partial charge is 0.409 e. The first-order valence-corrected chi connectivity index (χ1v) is 14.6. The van der Waals surface area contributed by atoms with Crippen LogP contribution in [-0.4, -0.2) is 55.6 Å². The molecule has 0 aromatic heterocycles. The van der Waals surface area contributed by atoms with E-state index < -0.39 is 13.9 Å². The second-order valence-corrected chi connectivity index (χ2v) is 15.0. The van der Waals surface area contributed by atoms with Gasteiger partial charge in [-0.25, -0.2) is 0 Å². The first-order chi connectivity index (χ1) is 14.1. The third kappa shape index (κ3) is 3.29. The Morgan fingerprint density at radius 3 is 2.33 bits per heavy atom. The Kier molecular flexibility index (Phi) is 4.60. The zero-order valence-electron chi connectivity index (χ0n) is 18.9. The molecule has 8 atom stereocenters. The summed E-state index contributed by atoms with van der Waals surface area (Å²) in [7, 11) is -1.82. The number of nitrogens with zero attached hydrogens (tertiary/aromatic N) is 2. The summed E-state index contributed by atoms with van der Waals surface area (Å²) in [5.41, 5.74) is 0.559. The highest BCUT2D eigenvalue weighted by atomic mass is 28.4. The van der Waals surface area contributed by atoms with E-state index >= 15 is 0 Å². The lowest BCUT2D eigenvalue weighted by Crippen LogP contribution is -2.64. The van der Waals surface area contributed by atoms with Crippen molar-refractivity contribution in [3.8, 4) is 0 Å². The van der Waals surface area contributed by atoms with Gasteiger partial charge < -0.3 is 13.9 Å². The summed E-state index contributed by atoms with van der Waals surface area (Å²) in [6.45, 7) is 14.5. The molecule has 3 fully saturated rings. The van der Waals surface area contributed by atoms with Crippen molar-refractivity contribution in [1.82, 2.24) is 5.01 Å². The topological polar surface area (TPSA) is 46.4 Å². The summed E-state index contributed by atoms with van der Waals surface area (Å²) in [5, 5.41) is 6.93. The van der Waals surface area contributed by atoms with Crippen LogP contribution in [0.4, 0.5) is 0 Å². The zero-order valence-corrected chi connectivity index (χ0v) is 19.9. The number of hydrazone groups is 1. The van der Waals surface area contributed by atoms with Crippen LogP contribution in [0.25, 0.3) is 0 Å². The van der Waals surface area contributed by atoms with Crippen LogP contribution in [0.5, 0.6) is 0 Å². The second kappa shape index (κ2) is 6.76. The molecule has 30 heavy (non-hydrogen) atoms. The van der Waals surface area contributed by atoms with Crippen LogP contribution in [0.1, 0.15) is 32.4 Å². The van der Waals surface area contributed by atoms with Crippen molar-refractivity contribution in [2.75, 3.05) is 6.54 Å². The van der Waals surface area contributed by atoms with Crippen LogP contribution in [0.2, 0.25) is 19.6 Å². The fraction of sp³-hybridized carbons (Fsp3) is 0.625. The molecule has 0 spiro atoms. The van der Waals surface area contributed by atoms with Crippen LogP contribution in [-0.2, 0) is 13.9 Å². The average Bonchev–Trinajstić information content (AvgIpc) is 3.57. The third-order valence-electron chi connectivity index (χ3n) is 7.17.